The highest BCUT2D eigenvalue weighted by molar-refractivity contribution is 6.31. The zero-order valence-electron chi connectivity index (χ0n) is 17.3. The summed E-state index contributed by atoms with van der Waals surface area (Å²) in [4.78, 5) is 2.27. The molecule has 0 unspecified atom stereocenters. The van der Waals surface area contributed by atoms with Crippen LogP contribution in [0.15, 0.2) is 36.4 Å². The lowest BCUT2D eigenvalue weighted by atomic mass is 9.90. The third kappa shape index (κ3) is 4.39. The number of aliphatic hydroxyl groups is 4. The molecule has 2 aromatic carbocycles. The Balaban J connectivity index is 1.59. The summed E-state index contributed by atoms with van der Waals surface area (Å²) in [7, 11) is 0. The molecule has 2 aliphatic rings. The normalized spacial score (nSPS) is 28.2. The Morgan fingerprint density at radius 3 is 2.61 bits per heavy atom. The third-order valence-corrected chi connectivity index (χ3v) is 6.42. The van der Waals surface area contributed by atoms with Gasteiger partial charge >= 0.3 is 0 Å². The SMILES string of the molecule is CCN1CCOc2cc(Cc3cc([C@@H]4O[C@H](CO)[C@@H](O)[C@H](O)[C@H]4O)ccc3Cl)ccc21. The number of benzene rings is 2. The predicted molar refractivity (Wildman–Crippen MR) is 117 cm³/mol. The summed E-state index contributed by atoms with van der Waals surface area (Å²) in [6.45, 7) is 4.09. The van der Waals surface area contributed by atoms with Gasteiger partial charge in [-0.05, 0) is 48.2 Å². The minimum absolute atomic E-state index is 0.466. The van der Waals surface area contributed by atoms with E-state index in [9.17, 15) is 20.4 Å². The number of halogens is 1. The molecule has 168 valence electrons. The summed E-state index contributed by atoms with van der Waals surface area (Å²) < 4.78 is 11.5. The molecule has 2 aliphatic heterocycles. The molecule has 0 spiro atoms. The van der Waals surface area contributed by atoms with Gasteiger partial charge in [-0.25, -0.2) is 0 Å². The smallest absolute Gasteiger partial charge is 0.142 e. The van der Waals surface area contributed by atoms with E-state index in [4.69, 9.17) is 21.1 Å². The molecule has 1 fully saturated rings. The van der Waals surface area contributed by atoms with E-state index in [0.717, 1.165) is 35.7 Å². The molecule has 0 saturated carbocycles. The van der Waals surface area contributed by atoms with Gasteiger partial charge in [0.2, 0.25) is 0 Å². The van der Waals surface area contributed by atoms with Crippen LogP contribution >= 0.6 is 11.6 Å². The minimum atomic E-state index is -1.42. The Morgan fingerprint density at radius 1 is 1.06 bits per heavy atom. The summed E-state index contributed by atoms with van der Waals surface area (Å²) in [5.41, 5.74) is 3.56. The molecular formula is C23H28ClNO6. The van der Waals surface area contributed by atoms with E-state index in [0.29, 0.717) is 23.6 Å². The summed E-state index contributed by atoms with van der Waals surface area (Å²) in [5.74, 6) is 0.854. The molecular weight excluding hydrogens is 422 g/mol. The van der Waals surface area contributed by atoms with Crippen LogP contribution in [0.1, 0.15) is 29.7 Å². The largest absolute Gasteiger partial charge is 0.490 e. The fourth-order valence-corrected chi connectivity index (χ4v) is 4.45. The van der Waals surface area contributed by atoms with Crippen molar-refractivity contribution in [3.05, 3.63) is 58.1 Å². The van der Waals surface area contributed by atoms with Crippen molar-refractivity contribution in [2.45, 2.75) is 43.9 Å². The molecule has 0 radical (unpaired) electrons. The van der Waals surface area contributed by atoms with Crippen molar-refractivity contribution in [2.75, 3.05) is 31.2 Å². The highest BCUT2D eigenvalue weighted by atomic mass is 35.5. The number of likely N-dealkylation sites (N-methyl/N-ethyl adjacent to an activating group) is 1. The van der Waals surface area contributed by atoms with Gasteiger partial charge < -0.3 is 34.8 Å². The maximum absolute atomic E-state index is 10.4. The van der Waals surface area contributed by atoms with Gasteiger partial charge in [0.05, 0.1) is 18.8 Å². The summed E-state index contributed by atoms with van der Waals surface area (Å²) in [6.07, 6.45) is -5.44. The van der Waals surface area contributed by atoms with Crippen molar-refractivity contribution in [1.29, 1.82) is 0 Å². The lowest BCUT2D eigenvalue weighted by Gasteiger charge is -2.40. The lowest BCUT2D eigenvalue weighted by Crippen LogP contribution is -2.55. The van der Waals surface area contributed by atoms with Crippen LogP contribution in [0.3, 0.4) is 0 Å². The fourth-order valence-electron chi connectivity index (χ4n) is 4.26. The van der Waals surface area contributed by atoms with Crippen molar-refractivity contribution in [3.63, 3.8) is 0 Å². The second-order valence-electron chi connectivity index (χ2n) is 8.01. The predicted octanol–water partition coefficient (Wildman–Crippen LogP) is 1.66. The summed E-state index contributed by atoms with van der Waals surface area (Å²) >= 11 is 6.45. The number of hydrogen-bond donors (Lipinski definition) is 4. The van der Waals surface area contributed by atoms with E-state index in [2.05, 4.69) is 17.9 Å². The number of ether oxygens (including phenoxy) is 2. The topological polar surface area (TPSA) is 103 Å². The van der Waals surface area contributed by atoms with E-state index in [-0.39, 0.29) is 0 Å². The van der Waals surface area contributed by atoms with Crippen LogP contribution in [0, 0.1) is 0 Å². The number of anilines is 1. The molecule has 0 aromatic heterocycles. The second-order valence-corrected chi connectivity index (χ2v) is 8.41. The zero-order valence-corrected chi connectivity index (χ0v) is 18.1. The molecule has 2 aromatic rings. The Labute approximate surface area is 186 Å². The Kier molecular flexibility index (Phi) is 6.71. The van der Waals surface area contributed by atoms with Gasteiger partial charge in [0.15, 0.2) is 0 Å². The Bertz CT molecular complexity index is 923. The quantitative estimate of drug-likeness (QED) is 0.550. The van der Waals surface area contributed by atoms with Crippen molar-refractivity contribution < 1.29 is 29.9 Å². The van der Waals surface area contributed by atoms with Crippen LogP contribution in [0.5, 0.6) is 5.75 Å². The fraction of sp³-hybridized carbons (Fsp3) is 0.478. The highest BCUT2D eigenvalue weighted by Crippen LogP contribution is 2.36. The Morgan fingerprint density at radius 2 is 1.87 bits per heavy atom. The maximum Gasteiger partial charge on any atom is 0.142 e. The van der Waals surface area contributed by atoms with Crippen molar-refractivity contribution in [2.24, 2.45) is 0 Å². The maximum atomic E-state index is 10.4. The number of nitrogens with zero attached hydrogens (tertiary/aromatic N) is 1. The number of hydrogen-bond acceptors (Lipinski definition) is 7. The van der Waals surface area contributed by atoms with Gasteiger partial charge in [-0.15, -0.1) is 0 Å². The number of fused-ring (bicyclic) bond motifs is 1. The van der Waals surface area contributed by atoms with E-state index in [1.807, 2.05) is 18.2 Å². The first-order valence-electron chi connectivity index (χ1n) is 10.5. The molecule has 0 bridgehead atoms. The van der Waals surface area contributed by atoms with E-state index in [1.54, 1.807) is 12.1 Å². The zero-order chi connectivity index (χ0) is 22.1. The molecule has 5 atom stereocenters. The molecule has 7 nitrogen and oxygen atoms in total. The molecule has 31 heavy (non-hydrogen) atoms. The molecule has 4 rings (SSSR count). The van der Waals surface area contributed by atoms with Gasteiger partial charge in [0.25, 0.3) is 0 Å². The summed E-state index contributed by atoms with van der Waals surface area (Å²) in [5, 5.41) is 40.6. The molecule has 8 heteroatoms. The molecule has 0 amide bonds. The first-order valence-corrected chi connectivity index (χ1v) is 10.9. The standard InChI is InChI=1S/C23H28ClNO6/c1-2-25-7-8-30-18-10-13(3-6-17(18)25)9-15-11-14(4-5-16(15)24)23-22(29)21(28)20(27)19(12-26)31-23/h3-6,10-11,19-23,26-29H,2,7-9,12H2,1H3/t19-,20-,21+,22-,23+/m1/s1. The minimum Gasteiger partial charge on any atom is -0.490 e. The van der Waals surface area contributed by atoms with Crippen LogP contribution < -0.4 is 9.64 Å². The van der Waals surface area contributed by atoms with E-state index < -0.39 is 37.1 Å². The van der Waals surface area contributed by atoms with Crippen LogP contribution in [0.4, 0.5) is 5.69 Å². The molecule has 2 heterocycles. The van der Waals surface area contributed by atoms with Crippen molar-refractivity contribution in [1.82, 2.24) is 0 Å². The van der Waals surface area contributed by atoms with E-state index in [1.165, 1.54) is 0 Å². The van der Waals surface area contributed by atoms with Gasteiger partial charge in [-0.2, -0.15) is 0 Å². The van der Waals surface area contributed by atoms with Crippen LogP contribution in [0.2, 0.25) is 5.02 Å². The van der Waals surface area contributed by atoms with Gasteiger partial charge in [0.1, 0.15) is 42.9 Å². The monoisotopic (exact) mass is 449 g/mol. The molecule has 4 N–H and O–H groups in total. The van der Waals surface area contributed by atoms with Gasteiger partial charge in [0, 0.05) is 11.6 Å². The highest BCUT2D eigenvalue weighted by Gasteiger charge is 2.44. The number of aliphatic hydroxyl groups excluding tert-OH is 4. The number of rotatable bonds is 5. The Hall–Kier alpha value is -1.87. The van der Waals surface area contributed by atoms with E-state index >= 15 is 0 Å². The lowest BCUT2D eigenvalue weighted by molar-refractivity contribution is -0.231. The van der Waals surface area contributed by atoms with Crippen molar-refractivity contribution >= 4 is 17.3 Å². The van der Waals surface area contributed by atoms with Gasteiger partial charge in [-0.3, -0.25) is 0 Å². The first-order chi connectivity index (χ1) is 14.9. The third-order valence-electron chi connectivity index (χ3n) is 6.05. The first kappa shape index (κ1) is 22.3. The summed E-state index contributed by atoms with van der Waals surface area (Å²) in [6, 6.07) is 11.4. The average Bonchev–Trinajstić information content (AvgIpc) is 2.79. The van der Waals surface area contributed by atoms with Crippen molar-refractivity contribution in [3.8, 4) is 5.75 Å². The second kappa shape index (κ2) is 9.32. The average molecular weight is 450 g/mol. The van der Waals surface area contributed by atoms with Crippen LogP contribution in [-0.4, -0.2) is 71.1 Å². The molecule has 1 saturated heterocycles. The van der Waals surface area contributed by atoms with Crippen LogP contribution in [-0.2, 0) is 11.2 Å². The van der Waals surface area contributed by atoms with Gasteiger partial charge in [-0.1, -0.05) is 29.8 Å². The van der Waals surface area contributed by atoms with Crippen LogP contribution in [0.25, 0.3) is 0 Å². The molecule has 0 aliphatic carbocycles.